The maximum absolute atomic E-state index is 13.0. The summed E-state index contributed by atoms with van der Waals surface area (Å²) in [6.07, 6.45) is 1.14. The Labute approximate surface area is 117 Å². The van der Waals surface area contributed by atoms with Crippen LogP contribution in [0.15, 0.2) is 24.3 Å². The second-order valence-electron chi connectivity index (χ2n) is 5.16. The van der Waals surface area contributed by atoms with E-state index in [-0.39, 0.29) is 18.0 Å². The molecule has 2 N–H and O–H groups in total. The lowest BCUT2D eigenvalue weighted by Crippen LogP contribution is -2.16. The summed E-state index contributed by atoms with van der Waals surface area (Å²) in [5.74, 6) is 0.684. The summed E-state index contributed by atoms with van der Waals surface area (Å²) < 4.78 is 18.3. The van der Waals surface area contributed by atoms with Crippen LogP contribution in [-0.4, -0.2) is 29.7 Å². The van der Waals surface area contributed by atoms with Gasteiger partial charge in [0.25, 0.3) is 0 Å². The van der Waals surface area contributed by atoms with Crippen molar-refractivity contribution in [3.05, 3.63) is 41.6 Å². The minimum Gasteiger partial charge on any atom is -0.380 e. The molecule has 1 aromatic heterocycles. The van der Waals surface area contributed by atoms with Crippen LogP contribution in [0.5, 0.6) is 0 Å². The third-order valence-corrected chi connectivity index (χ3v) is 3.77. The molecule has 4 nitrogen and oxygen atoms in total. The molecular formula is C15H18FN3O. The van der Waals surface area contributed by atoms with E-state index >= 15 is 0 Å². The molecule has 106 valence electrons. The van der Waals surface area contributed by atoms with Gasteiger partial charge in [-0.2, -0.15) is 0 Å². The van der Waals surface area contributed by atoms with Gasteiger partial charge in [0.2, 0.25) is 0 Å². The van der Waals surface area contributed by atoms with Crippen molar-refractivity contribution in [3.8, 4) is 11.3 Å². The third kappa shape index (κ3) is 2.46. The van der Waals surface area contributed by atoms with E-state index in [4.69, 9.17) is 4.74 Å². The molecule has 0 bridgehead atoms. The smallest absolute Gasteiger partial charge is 0.124 e. The Morgan fingerprint density at radius 3 is 2.70 bits per heavy atom. The Morgan fingerprint density at radius 2 is 2.05 bits per heavy atom. The highest BCUT2D eigenvalue weighted by Crippen LogP contribution is 2.27. The predicted octanol–water partition coefficient (Wildman–Crippen LogP) is 2.57. The van der Waals surface area contributed by atoms with Crippen LogP contribution < -0.4 is 5.32 Å². The standard InChI is InChI=1S/C15H18FN3O/c1-9-14(10-3-5-11(16)6-4-10)19-15(18-9)13-7-12(20-2)8-17-13/h3-6,12-13,17H,7-8H2,1-2H3,(H,18,19). The Bertz CT molecular complexity index is 594. The monoisotopic (exact) mass is 275 g/mol. The zero-order chi connectivity index (χ0) is 14.1. The van der Waals surface area contributed by atoms with Gasteiger partial charge in [0, 0.05) is 24.9 Å². The average molecular weight is 275 g/mol. The first-order valence-electron chi connectivity index (χ1n) is 6.76. The van der Waals surface area contributed by atoms with E-state index in [1.807, 2.05) is 6.92 Å². The van der Waals surface area contributed by atoms with E-state index < -0.39 is 0 Å². The molecule has 1 aliphatic heterocycles. The molecular weight excluding hydrogens is 257 g/mol. The first-order chi connectivity index (χ1) is 9.67. The fourth-order valence-corrected chi connectivity index (χ4v) is 2.63. The Morgan fingerprint density at radius 1 is 1.30 bits per heavy atom. The number of hydrogen-bond acceptors (Lipinski definition) is 3. The summed E-state index contributed by atoms with van der Waals surface area (Å²) in [5.41, 5.74) is 2.80. The maximum atomic E-state index is 13.0. The highest BCUT2D eigenvalue weighted by atomic mass is 19.1. The molecule has 0 aliphatic carbocycles. The van der Waals surface area contributed by atoms with Crippen LogP contribution in [0.1, 0.15) is 24.0 Å². The van der Waals surface area contributed by atoms with Gasteiger partial charge < -0.3 is 15.0 Å². The van der Waals surface area contributed by atoms with Crippen molar-refractivity contribution in [2.24, 2.45) is 0 Å². The van der Waals surface area contributed by atoms with Gasteiger partial charge in [-0.15, -0.1) is 0 Å². The minimum absolute atomic E-state index is 0.188. The quantitative estimate of drug-likeness (QED) is 0.905. The van der Waals surface area contributed by atoms with E-state index in [1.54, 1.807) is 19.2 Å². The molecule has 0 radical (unpaired) electrons. The summed E-state index contributed by atoms with van der Waals surface area (Å²) in [7, 11) is 1.73. The molecule has 1 aromatic carbocycles. The molecule has 1 fully saturated rings. The number of nitrogens with one attached hydrogen (secondary N) is 2. The van der Waals surface area contributed by atoms with Crippen LogP contribution in [-0.2, 0) is 4.74 Å². The number of imidazole rings is 1. The van der Waals surface area contributed by atoms with Crippen LogP contribution in [0.4, 0.5) is 4.39 Å². The molecule has 1 saturated heterocycles. The molecule has 5 heteroatoms. The number of H-pyrrole nitrogens is 1. The number of aromatic nitrogens is 2. The van der Waals surface area contributed by atoms with Crippen LogP contribution in [0, 0.1) is 12.7 Å². The van der Waals surface area contributed by atoms with Crippen molar-refractivity contribution in [1.82, 2.24) is 15.3 Å². The zero-order valence-electron chi connectivity index (χ0n) is 11.6. The van der Waals surface area contributed by atoms with Gasteiger partial charge in [-0.25, -0.2) is 9.37 Å². The number of ether oxygens (including phenoxy) is 1. The summed E-state index contributed by atoms with van der Waals surface area (Å²) in [5, 5.41) is 3.40. The Balaban J connectivity index is 1.86. The third-order valence-electron chi connectivity index (χ3n) is 3.77. The Kier molecular flexibility index (Phi) is 3.54. The fourth-order valence-electron chi connectivity index (χ4n) is 2.63. The van der Waals surface area contributed by atoms with Gasteiger partial charge in [0.1, 0.15) is 11.6 Å². The molecule has 2 heterocycles. The molecule has 0 saturated carbocycles. The number of aryl methyl sites for hydroxylation is 1. The van der Waals surface area contributed by atoms with E-state index in [0.717, 1.165) is 35.7 Å². The van der Waals surface area contributed by atoms with Gasteiger partial charge in [-0.3, -0.25) is 0 Å². The molecule has 0 amide bonds. The van der Waals surface area contributed by atoms with Gasteiger partial charge in [0.15, 0.2) is 0 Å². The molecule has 20 heavy (non-hydrogen) atoms. The highest BCUT2D eigenvalue weighted by molar-refractivity contribution is 5.61. The number of halogens is 1. The number of nitrogens with zero attached hydrogens (tertiary/aromatic N) is 1. The molecule has 2 aromatic rings. The van der Waals surface area contributed by atoms with Crippen molar-refractivity contribution in [2.75, 3.05) is 13.7 Å². The fraction of sp³-hybridized carbons (Fsp3) is 0.400. The van der Waals surface area contributed by atoms with Crippen molar-refractivity contribution >= 4 is 0 Å². The molecule has 3 rings (SSSR count). The van der Waals surface area contributed by atoms with Crippen molar-refractivity contribution in [2.45, 2.75) is 25.5 Å². The van der Waals surface area contributed by atoms with Crippen molar-refractivity contribution in [1.29, 1.82) is 0 Å². The summed E-state index contributed by atoms with van der Waals surface area (Å²) in [4.78, 5) is 7.99. The highest BCUT2D eigenvalue weighted by Gasteiger charge is 2.27. The first-order valence-corrected chi connectivity index (χ1v) is 6.76. The lowest BCUT2D eigenvalue weighted by atomic mass is 10.1. The number of benzene rings is 1. The van der Waals surface area contributed by atoms with Gasteiger partial charge >= 0.3 is 0 Å². The number of rotatable bonds is 3. The lowest BCUT2D eigenvalue weighted by Gasteiger charge is -2.06. The topological polar surface area (TPSA) is 49.9 Å². The van der Waals surface area contributed by atoms with Crippen LogP contribution in [0.3, 0.4) is 0 Å². The minimum atomic E-state index is -0.234. The largest absolute Gasteiger partial charge is 0.380 e. The molecule has 2 unspecified atom stereocenters. The maximum Gasteiger partial charge on any atom is 0.124 e. The van der Waals surface area contributed by atoms with E-state index in [9.17, 15) is 4.39 Å². The lowest BCUT2D eigenvalue weighted by molar-refractivity contribution is 0.117. The van der Waals surface area contributed by atoms with Crippen molar-refractivity contribution in [3.63, 3.8) is 0 Å². The van der Waals surface area contributed by atoms with E-state index in [1.165, 1.54) is 12.1 Å². The van der Waals surface area contributed by atoms with Gasteiger partial charge in [-0.05, 0) is 37.6 Å². The Hall–Kier alpha value is -1.72. The molecule has 0 spiro atoms. The average Bonchev–Trinajstić information content (AvgIpc) is 3.06. The van der Waals surface area contributed by atoms with Crippen molar-refractivity contribution < 1.29 is 9.13 Å². The number of methoxy groups -OCH3 is 1. The number of aromatic amines is 1. The normalized spacial score (nSPS) is 22.4. The second kappa shape index (κ2) is 5.34. The van der Waals surface area contributed by atoms with Crippen LogP contribution in [0.25, 0.3) is 11.3 Å². The first kappa shape index (κ1) is 13.3. The van der Waals surface area contributed by atoms with Gasteiger partial charge in [0.05, 0.1) is 17.8 Å². The summed E-state index contributed by atoms with van der Waals surface area (Å²) >= 11 is 0. The molecule has 2 atom stereocenters. The predicted molar refractivity (Wildman–Crippen MR) is 74.9 cm³/mol. The van der Waals surface area contributed by atoms with Crippen LogP contribution >= 0.6 is 0 Å². The number of hydrogen-bond donors (Lipinski definition) is 2. The second-order valence-corrected chi connectivity index (χ2v) is 5.16. The zero-order valence-corrected chi connectivity index (χ0v) is 11.6. The molecule has 1 aliphatic rings. The van der Waals surface area contributed by atoms with E-state index in [2.05, 4.69) is 15.3 Å². The van der Waals surface area contributed by atoms with Gasteiger partial charge in [-0.1, -0.05) is 0 Å². The SMILES string of the molecule is COC1CNC(c2nc(-c3ccc(F)cc3)c(C)[nH]2)C1. The summed E-state index contributed by atoms with van der Waals surface area (Å²) in [6, 6.07) is 6.60. The van der Waals surface area contributed by atoms with E-state index in [0.29, 0.717) is 0 Å². The van der Waals surface area contributed by atoms with Crippen LogP contribution in [0.2, 0.25) is 0 Å². The summed E-state index contributed by atoms with van der Waals surface area (Å²) in [6.45, 7) is 2.82.